The van der Waals surface area contributed by atoms with Crippen molar-refractivity contribution >= 4 is 29.6 Å². The second-order valence-corrected chi connectivity index (χ2v) is 3.37. The van der Waals surface area contributed by atoms with Gasteiger partial charge in [0.2, 0.25) is 0 Å². The van der Waals surface area contributed by atoms with Gasteiger partial charge in [-0.3, -0.25) is 0 Å². The van der Waals surface area contributed by atoms with Gasteiger partial charge >= 0.3 is 29.6 Å². The molecule has 1 radical (unpaired) electrons. The molecule has 0 aromatic carbocycles. The summed E-state index contributed by atoms with van der Waals surface area (Å²) < 4.78 is 0. The van der Waals surface area contributed by atoms with Crippen molar-refractivity contribution in [1.82, 2.24) is 0 Å². The van der Waals surface area contributed by atoms with Crippen LogP contribution in [0.4, 0.5) is 0 Å². The molecule has 1 atom stereocenters. The molecule has 0 saturated carbocycles. The maximum absolute atomic E-state index is 3.86. The molecule has 0 N–H and O–H groups in total. The fourth-order valence-corrected chi connectivity index (χ4v) is 0.762. The average Bonchev–Trinajstić information content (AvgIpc) is 1.83. The minimum absolute atomic E-state index is 0. The molecule has 57 valence electrons. The van der Waals surface area contributed by atoms with Crippen molar-refractivity contribution in [2.45, 2.75) is 40.0 Å². The Morgan fingerprint density at radius 1 is 1.10 bits per heavy atom. The van der Waals surface area contributed by atoms with Gasteiger partial charge in [-0.1, -0.05) is 47.0 Å². The second-order valence-electron chi connectivity index (χ2n) is 3.37. The van der Waals surface area contributed by atoms with Crippen LogP contribution in [-0.4, -0.2) is 29.6 Å². The van der Waals surface area contributed by atoms with Gasteiger partial charge in [0, 0.05) is 0 Å². The van der Waals surface area contributed by atoms with Gasteiger partial charge in [-0.15, -0.1) is 0 Å². The molecule has 0 aromatic rings. The van der Waals surface area contributed by atoms with Crippen LogP contribution in [0.15, 0.2) is 0 Å². The van der Waals surface area contributed by atoms with Gasteiger partial charge in [0.15, 0.2) is 0 Å². The van der Waals surface area contributed by atoms with Crippen molar-refractivity contribution in [3.05, 3.63) is 6.92 Å². The average molecular weight is 151 g/mol. The summed E-state index contributed by atoms with van der Waals surface area (Å²) >= 11 is 0. The van der Waals surface area contributed by atoms with Crippen molar-refractivity contribution in [3.8, 4) is 0 Å². The minimum atomic E-state index is 0. The Balaban J connectivity index is 0. The van der Waals surface area contributed by atoms with E-state index in [1.165, 1.54) is 12.8 Å². The van der Waals surface area contributed by atoms with Crippen LogP contribution in [0.2, 0.25) is 0 Å². The van der Waals surface area contributed by atoms with Crippen LogP contribution in [0.25, 0.3) is 0 Å². The van der Waals surface area contributed by atoms with Crippen LogP contribution in [-0.2, 0) is 0 Å². The third kappa shape index (κ3) is 9.00. The summed E-state index contributed by atoms with van der Waals surface area (Å²) in [6.45, 7) is 10.7. The molecule has 0 nitrogen and oxygen atoms in total. The van der Waals surface area contributed by atoms with Crippen molar-refractivity contribution in [3.63, 3.8) is 0 Å². The van der Waals surface area contributed by atoms with Crippen molar-refractivity contribution in [2.24, 2.45) is 11.8 Å². The van der Waals surface area contributed by atoms with Crippen LogP contribution in [0.5, 0.6) is 0 Å². The van der Waals surface area contributed by atoms with Crippen molar-refractivity contribution in [1.29, 1.82) is 0 Å². The first-order chi connectivity index (χ1) is 4.16. The predicted molar refractivity (Wildman–Crippen MR) is 50.4 cm³/mol. The van der Waals surface area contributed by atoms with Gasteiger partial charge in [-0.2, -0.15) is 0 Å². The standard InChI is InChI=1S/C9H19.Na.H/c1-5-9(4)7-6-8(2)3;;/h8-9H,1,5-7H2,2-4H3;;. The molecule has 1 heteroatoms. The fraction of sp³-hybridized carbons (Fsp3) is 0.889. The van der Waals surface area contributed by atoms with Crippen LogP contribution in [0.3, 0.4) is 0 Å². The molecule has 0 aromatic heterocycles. The molecule has 0 aliphatic carbocycles. The van der Waals surface area contributed by atoms with Crippen LogP contribution < -0.4 is 0 Å². The zero-order valence-corrected chi connectivity index (χ0v) is 6.98. The van der Waals surface area contributed by atoms with Gasteiger partial charge in [-0.05, 0) is 11.8 Å². The Morgan fingerprint density at radius 2 is 1.60 bits per heavy atom. The molecule has 0 rings (SSSR count). The van der Waals surface area contributed by atoms with E-state index < -0.39 is 0 Å². The summed E-state index contributed by atoms with van der Waals surface area (Å²) in [6.07, 6.45) is 3.80. The SMILES string of the molecule is [CH2]CC(C)CCC(C)C.[NaH]. The summed E-state index contributed by atoms with van der Waals surface area (Å²) in [5.74, 6) is 1.69. The quantitative estimate of drug-likeness (QED) is 0.542. The van der Waals surface area contributed by atoms with Gasteiger partial charge in [-0.25, -0.2) is 0 Å². The molecule has 0 amide bonds. The molecule has 0 aliphatic heterocycles. The zero-order chi connectivity index (χ0) is 7.28. The Hall–Kier alpha value is 1.00. The van der Waals surface area contributed by atoms with E-state index in [1.54, 1.807) is 0 Å². The van der Waals surface area contributed by atoms with E-state index >= 15 is 0 Å². The molecule has 0 bridgehead atoms. The molecule has 10 heavy (non-hydrogen) atoms. The van der Waals surface area contributed by atoms with Gasteiger partial charge < -0.3 is 0 Å². The Labute approximate surface area is 88.1 Å². The first-order valence-electron chi connectivity index (χ1n) is 3.96. The Morgan fingerprint density at radius 3 is 1.90 bits per heavy atom. The fourth-order valence-electron chi connectivity index (χ4n) is 0.762. The van der Waals surface area contributed by atoms with Crippen LogP contribution in [0, 0.1) is 18.8 Å². The van der Waals surface area contributed by atoms with Crippen LogP contribution >= 0.6 is 0 Å². The molecule has 0 aliphatic rings. The number of hydrogen-bond donors (Lipinski definition) is 0. The van der Waals surface area contributed by atoms with E-state index in [2.05, 4.69) is 27.7 Å². The molecular weight excluding hydrogens is 131 g/mol. The zero-order valence-electron chi connectivity index (χ0n) is 6.98. The topological polar surface area (TPSA) is 0 Å². The van der Waals surface area contributed by atoms with Crippen molar-refractivity contribution in [2.75, 3.05) is 0 Å². The summed E-state index contributed by atoms with van der Waals surface area (Å²) in [6, 6.07) is 0. The first-order valence-corrected chi connectivity index (χ1v) is 3.96. The summed E-state index contributed by atoms with van der Waals surface area (Å²) in [4.78, 5) is 0. The van der Waals surface area contributed by atoms with E-state index in [9.17, 15) is 0 Å². The van der Waals surface area contributed by atoms with E-state index in [4.69, 9.17) is 0 Å². The first kappa shape index (κ1) is 13.6. The van der Waals surface area contributed by atoms with E-state index in [0.29, 0.717) is 0 Å². The van der Waals surface area contributed by atoms with Crippen LogP contribution in [0.1, 0.15) is 40.0 Å². The second kappa shape index (κ2) is 8.10. The molecule has 0 saturated heterocycles. The summed E-state index contributed by atoms with van der Waals surface area (Å²) in [5.41, 5.74) is 0. The third-order valence-corrected chi connectivity index (χ3v) is 1.73. The number of rotatable bonds is 4. The van der Waals surface area contributed by atoms with Gasteiger partial charge in [0.05, 0.1) is 0 Å². The predicted octanol–water partition coefficient (Wildman–Crippen LogP) is 2.63. The maximum atomic E-state index is 3.86. The van der Waals surface area contributed by atoms with E-state index in [-0.39, 0.29) is 29.6 Å². The molecular formula is C9H20Na. The monoisotopic (exact) mass is 151 g/mol. The van der Waals surface area contributed by atoms with Gasteiger partial charge in [0.25, 0.3) is 0 Å². The third-order valence-electron chi connectivity index (χ3n) is 1.73. The van der Waals surface area contributed by atoms with E-state index in [1.807, 2.05) is 0 Å². The van der Waals surface area contributed by atoms with Crippen molar-refractivity contribution < 1.29 is 0 Å². The molecule has 1 unspecified atom stereocenters. The molecule has 0 heterocycles. The molecule has 0 spiro atoms. The Bertz CT molecular complexity index is 59.7. The Kier molecular flexibility index (Phi) is 11.0. The molecule has 0 fully saturated rings. The number of hydrogen-bond acceptors (Lipinski definition) is 0. The normalized spacial score (nSPS) is 12.9. The summed E-state index contributed by atoms with van der Waals surface area (Å²) in [7, 11) is 0. The summed E-state index contributed by atoms with van der Waals surface area (Å²) in [5, 5.41) is 0. The van der Waals surface area contributed by atoms with E-state index in [0.717, 1.165) is 18.3 Å². The van der Waals surface area contributed by atoms with Gasteiger partial charge in [0.1, 0.15) is 0 Å².